The minimum atomic E-state index is -0.489. The van der Waals surface area contributed by atoms with Gasteiger partial charge in [-0.3, -0.25) is 19.8 Å². The molecule has 0 bridgehead atoms. The van der Waals surface area contributed by atoms with Gasteiger partial charge in [0, 0.05) is 18.4 Å². The molecule has 1 aliphatic heterocycles. The van der Waals surface area contributed by atoms with Crippen LogP contribution in [0.25, 0.3) is 0 Å². The average molecular weight is 429 g/mol. The second-order valence-corrected chi connectivity index (χ2v) is 8.20. The first kappa shape index (κ1) is 21.5. The van der Waals surface area contributed by atoms with Gasteiger partial charge in [-0.2, -0.15) is 0 Å². The molecule has 0 unspecified atom stereocenters. The van der Waals surface area contributed by atoms with Crippen LogP contribution in [0.5, 0.6) is 0 Å². The number of esters is 1. The maximum atomic E-state index is 12.7. The van der Waals surface area contributed by atoms with Crippen molar-refractivity contribution in [2.75, 3.05) is 17.4 Å². The minimum Gasteiger partial charge on any atom is -0.465 e. The highest BCUT2D eigenvalue weighted by molar-refractivity contribution is 7.15. The number of hydrogen-bond donors (Lipinski definition) is 2. The molecule has 0 spiro atoms. The molecule has 8 nitrogen and oxygen atoms in total. The number of amides is 3. The Morgan fingerprint density at radius 3 is 2.53 bits per heavy atom. The van der Waals surface area contributed by atoms with E-state index in [2.05, 4.69) is 10.7 Å². The van der Waals surface area contributed by atoms with Gasteiger partial charge in [-0.1, -0.05) is 13.8 Å². The van der Waals surface area contributed by atoms with E-state index in [0.29, 0.717) is 34.2 Å². The fraction of sp³-hybridized carbons (Fsp3) is 0.333. The first-order valence-electron chi connectivity index (χ1n) is 9.52. The smallest absolute Gasteiger partial charge is 0.341 e. The predicted octanol–water partition coefficient (Wildman–Crippen LogP) is 3.14. The Kier molecular flexibility index (Phi) is 6.51. The number of ether oxygens (including phenoxy) is 1. The molecule has 1 aromatic carbocycles. The maximum Gasteiger partial charge on any atom is 0.341 e. The summed E-state index contributed by atoms with van der Waals surface area (Å²) in [6, 6.07) is 6.27. The van der Waals surface area contributed by atoms with Crippen molar-refractivity contribution in [2.24, 2.45) is 5.92 Å². The molecule has 0 saturated carbocycles. The first-order chi connectivity index (χ1) is 14.3. The third-order valence-electron chi connectivity index (χ3n) is 4.55. The van der Waals surface area contributed by atoms with Crippen LogP contribution >= 0.6 is 11.3 Å². The number of nitrogens with zero attached hydrogens (tertiary/aromatic N) is 1. The summed E-state index contributed by atoms with van der Waals surface area (Å²) in [6.07, 6.45) is 1.00. The molecule has 2 heterocycles. The van der Waals surface area contributed by atoms with E-state index in [9.17, 15) is 19.2 Å². The van der Waals surface area contributed by atoms with Gasteiger partial charge in [-0.05, 0) is 47.5 Å². The van der Waals surface area contributed by atoms with Crippen LogP contribution in [0.1, 0.15) is 53.0 Å². The van der Waals surface area contributed by atoms with Crippen LogP contribution in [0, 0.1) is 5.92 Å². The normalized spacial score (nSPS) is 13.9. The van der Waals surface area contributed by atoms with Gasteiger partial charge < -0.3 is 10.1 Å². The van der Waals surface area contributed by atoms with E-state index in [1.54, 1.807) is 24.3 Å². The van der Waals surface area contributed by atoms with Crippen molar-refractivity contribution in [3.63, 3.8) is 0 Å². The molecule has 2 N–H and O–H groups in total. The molecule has 1 aromatic heterocycles. The van der Waals surface area contributed by atoms with Gasteiger partial charge in [0.2, 0.25) is 11.8 Å². The summed E-state index contributed by atoms with van der Waals surface area (Å²) in [7, 11) is 1.31. The number of carbonyl (C=O) groups is 4. The van der Waals surface area contributed by atoms with E-state index < -0.39 is 11.9 Å². The number of benzene rings is 1. The number of hydrazine groups is 1. The van der Waals surface area contributed by atoms with Gasteiger partial charge >= 0.3 is 5.97 Å². The van der Waals surface area contributed by atoms with Crippen molar-refractivity contribution in [1.29, 1.82) is 0 Å². The van der Waals surface area contributed by atoms with Gasteiger partial charge in [0.1, 0.15) is 5.00 Å². The lowest BCUT2D eigenvalue weighted by Gasteiger charge is -2.27. The van der Waals surface area contributed by atoms with Crippen molar-refractivity contribution in [3.8, 4) is 0 Å². The molecule has 30 heavy (non-hydrogen) atoms. The van der Waals surface area contributed by atoms with Crippen LogP contribution < -0.4 is 15.8 Å². The molecule has 9 heteroatoms. The second-order valence-electron chi connectivity index (χ2n) is 7.32. The number of rotatable bonds is 6. The fourth-order valence-corrected chi connectivity index (χ4v) is 4.08. The Labute approximate surface area is 178 Å². The topological polar surface area (TPSA) is 105 Å². The van der Waals surface area contributed by atoms with Gasteiger partial charge in [0.15, 0.2) is 0 Å². The Balaban J connectivity index is 1.78. The van der Waals surface area contributed by atoms with Gasteiger partial charge in [-0.25, -0.2) is 9.80 Å². The quantitative estimate of drug-likeness (QED) is 0.687. The van der Waals surface area contributed by atoms with E-state index in [1.807, 2.05) is 19.2 Å². The lowest BCUT2D eigenvalue weighted by atomic mass is 10.0. The van der Waals surface area contributed by atoms with Crippen molar-refractivity contribution in [3.05, 3.63) is 46.3 Å². The van der Waals surface area contributed by atoms with Crippen LogP contribution in [0.15, 0.2) is 29.6 Å². The standard InChI is InChI=1S/C21H23N3O5S/c1-12(2)10-14-11-30-20(18(14)21(28)29-3)22-19(27)13-4-6-15(7-5-13)24-17(26)9-8-16(25)23-24/h4-7,11-12H,8-10H2,1-3H3,(H,22,27)(H,23,25). The molecule has 0 aliphatic carbocycles. The van der Waals surface area contributed by atoms with E-state index in [4.69, 9.17) is 4.74 Å². The van der Waals surface area contributed by atoms with E-state index in [1.165, 1.54) is 23.5 Å². The van der Waals surface area contributed by atoms with Gasteiger partial charge in [-0.15, -0.1) is 11.3 Å². The summed E-state index contributed by atoms with van der Waals surface area (Å²) in [4.78, 5) is 48.5. The van der Waals surface area contributed by atoms with E-state index in [0.717, 1.165) is 5.56 Å². The van der Waals surface area contributed by atoms with Crippen LogP contribution in [-0.4, -0.2) is 30.8 Å². The molecule has 3 amide bonds. The molecule has 158 valence electrons. The monoisotopic (exact) mass is 429 g/mol. The summed E-state index contributed by atoms with van der Waals surface area (Å²) >= 11 is 1.28. The molecule has 2 aromatic rings. The molecular weight excluding hydrogens is 406 g/mol. The molecule has 1 saturated heterocycles. The summed E-state index contributed by atoms with van der Waals surface area (Å²) < 4.78 is 4.89. The first-order valence-corrected chi connectivity index (χ1v) is 10.4. The fourth-order valence-electron chi connectivity index (χ4n) is 3.12. The van der Waals surface area contributed by atoms with Crippen molar-refractivity contribution >= 4 is 45.7 Å². The third kappa shape index (κ3) is 4.68. The zero-order valence-electron chi connectivity index (χ0n) is 17.0. The van der Waals surface area contributed by atoms with E-state index in [-0.39, 0.29) is 24.7 Å². The van der Waals surface area contributed by atoms with Crippen LogP contribution in [0.4, 0.5) is 10.7 Å². The van der Waals surface area contributed by atoms with Gasteiger partial charge in [0.05, 0.1) is 18.4 Å². The Morgan fingerprint density at radius 2 is 1.90 bits per heavy atom. The Morgan fingerprint density at radius 1 is 1.20 bits per heavy atom. The third-order valence-corrected chi connectivity index (χ3v) is 5.50. The zero-order valence-corrected chi connectivity index (χ0v) is 17.8. The Bertz CT molecular complexity index is 981. The van der Waals surface area contributed by atoms with Crippen LogP contribution in [-0.2, 0) is 20.7 Å². The summed E-state index contributed by atoms with van der Waals surface area (Å²) in [5.74, 6) is -0.986. The highest BCUT2D eigenvalue weighted by Crippen LogP contribution is 2.31. The summed E-state index contributed by atoms with van der Waals surface area (Å²) in [6.45, 7) is 4.10. The van der Waals surface area contributed by atoms with Crippen LogP contribution in [0.2, 0.25) is 0 Å². The van der Waals surface area contributed by atoms with Crippen molar-refractivity contribution in [1.82, 2.24) is 5.43 Å². The average Bonchev–Trinajstić information content (AvgIpc) is 3.10. The predicted molar refractivity (Wildman–Crippen MR) is 113 cm³/mol. The minimum absolute atomic E-state index is 0.140. The Hall–Kier alpha value is -3.20. The molecule has 1 fully saturated rings. The van der Waals surface area contributed by atoms with Crippen LogP contribution in [0.3, 0.4) is 0 Å². The number of anilines is 2. The molecular formula is C21H23N3O5S. The van der Waals surface area contributed by atoms with E-state index >= 15 is 0 Å². The zero-order chi connectivity index (χ0) is 21.8. The number of thiophene rings is 1. The summed E-state index contributed by atoms with van der Waals surface area (Å²) in [5, 5.41) is 6.25. The highest BCUT2D eigenvalue weighted by Gasteiger charge is 2.25. The summed E-state index contributed by atoms with van der Waals surface area (Å²) in [5.41, 5.74) is 4.55. The number of nitrogens with one attached hydrogen (secondary N) is 2. The maximum absolute atomic E-state index is 12.7. The number of hydrogen-bond acceptors (Lipinski definition) is 6. The molecule has 0 atom stereocenters. The second kappa shape index (κ2) is 9.08. The SMILES string of the molecule is COC(=O)c1c(CC(C)C)csc1NC(=O)c1ccc(N2NC(=O)CCC2=O)cc1. The van der Waals surface area contributed by atoms with Gasteiger partial charge in [0.25, 0.3) is 5.91 Å². The van der Waals surface area contributed by atoms with Crippen molar-refractivity contribution < 1.29 is 23.9 Å². The number of carbonyl (C=O) groups excluding carboxylic acids is 4. The number of methoxy groups -OCH3 is 1. The highest BCUT2D eigenvalue weighted by atomic mass is 32.1. The van der Waals surface area contributed by atoms with Crippen molar-refractivity contribution in [2.45, 2.75) is 33.1 Å². The molecule has 0 radical (unpaired) electrons. The largest absolute Gasteiger partial charge is 0.465 e. The lowest BCUT2D eigenvalue weighted by Crippen LogP contribution is -2.50. The molecule has 1 aliphatic rings. The molecule has 3 rings (SSSR count). The lowest BCUT2D eigenvalue weighted by molar-refractivity contribution is -0.130.